The van der Waals surface area contributed by atoms with E-state index >= 15 is 0 Å². The zero-order chi connectivity index (χ0) is 21.0. The van der Waals surface area contributed by atoms with Crippen LogP contribution in [-0.4, -0.2) is 23.0 Å². The van der Waals surface area contributed by atoms with Crippen LogP contribution in [0.2, 0.25) is 10.0 Å². The van der Waals surface area contributed by atoms with Gasteiger partial charge in [0.1, 0.15) is 10.0 Å². The smallest absolute Gasteiger partial charge is 0.338 e. The molecule has 7 nitrogen and oxygen atoms in total. The van der Waals surface area contributed by atoms with Crippen molar-refractivity contribution >= 4 is 41.1 Å². The first kappa shape index (κ1) is 22.3. The predicted molar refractivity (Wildman–Crippen MR) is 99.5 cm³/mol. The largest absolute Gasteiger partial charge is 0.502 e. The van der Waals surface area contributed by atoms with Crippen LogP contribution in [0.15, 0.2) is 36.5 Å². The normalized spacial score (nSPS) is 9.96. The van der Waals surface area contributed by atoms with Crippen molar-refractivity contribution in [2.75, 3.05) is 0 Å². The van der Waals surface area contributed by atoms with E-state index in [9.17, 15) is 19.5 Å². The molecule has 0 aliphatic carbocycles. The number of ether oxygens (including phenoxy) is 3. The maximum absolute atomic E-state index is 11.8. The second-order valence-corrected chi connectivity index (χ2v) is 6.23. The van der Waals surface area contributed by atoms with Gasteiger partial charge in [0, 0.05) is 16.7 Å². The molecule has 0 atom stereocenters. The number of aromatic hydroxyl groups is 1. The van der Waals surface area contributed by atoms with Gasteiger partial charge in [-0.05, 0) is 20.8 Å². The van der Waals surface area contributed by atoms with Crippen molar-refractivity contribution in [2.45, 2.75) is 20.8 Å². The second-order valence-electron chi connectivity index (χ2n) is 5.47. The molecule has 0 saturated heterocycles. The molecular weight excluding hydrogens is 399 g/mol. The maximum atomic E-state index is 11.8. The highest BCUT2D eigenvalue weighted by molar-refractivity contribution is 6.40. The van der Waals surface area contributed by atoms with Crippen molar-refractivity contribution in [1.82, 2.24) is 0 Å². The molecule has 144 valence electrons. The van der Waals surface area contributed by atoms with E-state index in [0.29, 0.717) is 0 Å². The van der Waals surface area contributed by atoms with E-state index in [-0.39, 0.29) is 16.7 Å². The fourth-order valence-corrected chi connectivity index (χ4v) is 2.00. The van der Waals surface area contributed by atoms with E-state index in [0.717, 1.165) is 0 Å². The van der Waals surface area contributed by atoms with Gasteiger partial charge in [-0.25, -0.2) is 14.4 Å². The molecule has 0 amide bonds. The molecule has 27 heavy (non-hydrogen) atoms. The number of benzene rings is 1. The summed E-state index contributed by atoms with van der Waals surface area (Å²) < 4.78 is 14.9. The van der Waals surface area contributed by atoms with E-state index in [2.05, 4.69) is 19.7 Å². The van der Waals surface area contributed by atoms with Crippen molar-refractivity contribution in [3.05, 3.63) is 46.5 Å². The first-order valence-electron chi connectivity index (χ1n) is 7.25. The Balaban J connectivity index is 3.66. The van der Waals surface area contributed by atoms with Crippen molar-refractivity contribution < 1.29 is 33.7 Å². The van der Waals surface area contributed by atoms with Crippen molar-refractivity contribution in [3.8, 4) is 23.0 Å². The number of hydrogen-bond donors (Lipinski definition) is 1. The fraction of sp³-hybridized carbons (Fsp3) is 0.167. The van der Waals surface area contributed by atoms with Crippen LogP contribution in [0, 0.1) is 0 Å². The summed E-state index contributed by atoms with van der Waals surface area (Å²) in [6.45, 7) is 14.3. The average molecular weight is 415 g/mol. The fourth-order valence-electron chi connectivity index (χ4n) is 1.43. The Morgan fingerprint density at radius 1 is 0.704 bits per heavy atom. The Labute approximate surface area is 165 Å². The molecule has 1 N–H and O–H groups in total. The van der Waals surface area contributed by atoms with Crippen LogP contribution in [0.25, 0.3) is 0 Å². The van der Waals surface area contributed by atoms with Crippen LogP contribution < -0.4 is 14.2 Å². The number of carbonyl (C=O) groups excluding carboxylic acids is 3. The predicted octanol–water partition coefficient (Wildman–Crippen LogP) is 4.14. The lowest BCUT2D eigenvalue weighted by atomic mass is 10.2. The van der Waals surface area contributed by atoms with Crippen LogP contribution in [0.4, 0.5) is 0 Å². The summed E-state index contributed by atoms with van der Waals surface area (Å²) >= 11 is 12.1. The summed E-state index contributed by atoms with van der Waals surface area (Å²) in [6.07, 6.45) is 0. The van der Waals surface area contributed by atoms with Gasteiger partial charge in [-0.2, -0.15) is 0 Å². The number of halogens is 2. The van der Waals surface area contributed by atoms with Gasteiger partial charge in [0.05, 0.1) is 0 Å². The van der Waals surface area contributed by atoms with Gasteiger partial charge in [0.25, 0.3) is 0 Å². The molecule has 0 heterocycles. The molecular formula is C18H16Cl2O7. The van der Waals surface area contributed by atoms with Gasteiger partial charge in [-0.3, -0.25) is 0 Å². The summed E-state index contributed by atoms with van der Waals surface area (Å²) in [7, 11) is 0. The minimum absolute atomic E-state index is 0.0103. The monoisotopic (exact) mass is 414 g/mol. The van der Waals surface area contributed by atoms with E-state index in [4.69, 9.17) is 37.4 Å². The van der Waals surface area contributed by atoms with Crippen LogP contribution in [-0.2, 0) is 14.4 Å². The number of esters is 3. The van der Waals surface area contributed by atoms with Crippen molar-refractivity contribution in [1.29, 1.82) is 0 Å². The lowest BCUT2D eigenvalue weighted by Gasteiger charge is -2.17. The highest BCUT2D eigenvalue weighted by Crippen LogP contribution is 2.53. The lowest BCUT2D eigenvalue weighted by molar-refractivity contribution is -0.130. The van der Waals surface area contributed by atoms with E-state index in [1.54, 1.807) is 0 Å². The highest BCUT2D eigenvalue weighted by Gasteiger charge is 2.30. The summed E-state index contributed by atoms with van der Waals surface area (Å²) in [5, 5.41) is 9.33. The zero-order valence-electron chi connectivity index (χ0n) is 14.8. The Bertz CT molecular complexity index is 749. The number of carbonyl (C=O) groups is 3. The van der Waals surface area contributed by atoms with Gasteiger partial charge in [0.2, 0.25) is 5.75 Å². The molecule has 0 aliphatic heterocycles. The molecule has 0 aliphatic rings. The van der Waals surface area contributed by atoms with Crippen LogP contribution in [0.1, 0.15) is 20.8 Å². The Hall–Kier alpha value is -2.77. The van der Waals surface area contributed by atoms with E-state index < -0.39 is 51.0 Å². The van der Waals surface area contributed by atoms with E-state index in [1.165, 1.54) is 20.8 Å². The number of phenols is 1. The standard InChI is InChI=1S/C18H16Cl2O7/c1-7(2)16(22)25-13-10(19)14(26-17(23)8(3)4)12(21)15(11(13)20)27-18(24)9(5)6/h21H,1,3,5H2,2,4,6H3. The van der Waals surface area contributed by atoms with E-state index in [1.807, 2.05) is 0 Å². The zero-order valence-corrected chi connectivity index (χ0v) is 16.3. The van der Waals surface area contributed by atoms with Gasteiger partial charge in [-0.1, -0.05) is 42.9 Å². The molecule has 1 aromatic rings. The Kier molecular flexibility index (Phi) is 7.21. The molecule has 9 heteroatoms. The summed E-state index contributed by atoms with van der Waals surface area (Å²) in [5.74, 6) is -5.42. The molecule has 0 aromatic heterocycles. The SMILES string of the molecule is C=C(C)C(=O)Oc1c(O)c(OC(=O)C(=C)C)c(Cl)c(OC(=O)C(=C)C)c1Cl. The van der Waals surface area contributed by atoms with Crippen molar-refractivity contribution in [2.24, 2.45) is 0 Å². The first-order chi connectivity index (χ1) is 12.4. The third-order valence-electron chi connectivity index (χ3n) is 2.86. The third kappa shape index (κ3) is 5.12. The number of phenolic OH excluding ortho intramolecular Hbond substituents is 1. The average Bonchev–Trinajstić information content (AvgIpc) is 2.58. The molecule has 1 rings (SSSR count). The van der Waals surface area contributed by atoms with Crippen molar-refractivity contribution in [3.63, 3.8) is 0 Å². The molecule has 0 unspecified atom stereocenters. The first-order valence-corrected chi connectivity index (χ1v) is 8.01. The Morgan fingerprint density at radius 2 is 0.963 bits per heavy atom. The highest BCUT2D eigenvalue weighted by atomic mass is 35.5. The van der Waals surface area contributed by atoms with Crippen LogP contribution in [0.3, 0.4) is 0 Å². The number of hydrogen-bond acceptors (Lipinski definition) is 7. The minimum atomic E-state index is -0.941. The molecule has 0 spiro atoms. The lowest BCUT2D eigenvalue weighted by Crippen LogP contribution is -2.14. The molecule has 0 fully saturated rings. The number of rotatable bonds is 6. The summed E-state index contributed by atoms with van der Waals surface area (Å²) in [6, 6.07) is 0. The van der Waals surface area contributed by atoms with Gasteiger partial charge < -0.3 is 19.3 Å². The second kappa shape index (κ2) is 8.75. The van der Waals surface area contributed by atoms with Crippen LogP contribution in [0.5, 0.6) is 23.0 Å². The Morgan fingerprint density at radius 3 is 1.22 bits per heavy atom. The molecule has 0 bridgehead atoms. The van der Waals surface area contributed by atoms with Gasteiger partial charge in [-0.15, -0.1) is 0 Å². The summed E-state index contributed by atoms with van der Waals surface area (Å²) in [4.78, 5) is 35.5. The van der Waals surface area contributed by atoms with Crippen LogP contribution >= 0.6 is 23.2 Å². The molecule has 0 saturated carbocycles. The third-order valence-corrected chi connectivity index (χ3v) is 3.54. The molecule has 0 radical (unpaired) electrons. The quantitative estimate of drug-likeness (QED) is 0.424. The summed E-state index contributed by atoms with van der Waals surface area (Å²) in [5.41, 5.74) is -0.0149. The topological polar surface area (TPSA) is 99.1 Å². The maximum Gasteiger partial charge on any atom is 0.338 e. The minimum Gasteiger partial charge on any atom is -0.502 e. The molecule has 1 aromatic carbocycles. The van der Waals surface area contributed by atoms with Gasteiger partial charge >= 0.3 is 17.9 Å². The van der Waals surface area contributed by atoms with Gasteiger partial charge in [0.15, 0.2) is 17.2 Å².